The van der Waals surface area contributed by atoms with Crippen molar-refractivity contribution in [1.29, 1.82) is 0 Å². The van der Waals surface area contributed by atoms with Gasteiger partial charge in [-0.1, -0.05) is 18.2 Å². The third-order valence-corrected chi connectivity index (χ3v) is 2.67. The number of aromatic carboxylic acids is 1. The van der Waals surface area contributed by atoms with E-state index in [9.17, 15) is 14.9 Å². The van der Waals surface area contributed by atoms with Crippen molar-refractivity contribution in [2.75, 3.05) is 5.32 Å². The molecule has 0 atom stereocenters. The van der Waals surface area contributed by atoms with Crippen molar-refractivity contribution in [1.82, 2.24) is 4.98 Å². The first-order valence-electron chi connectivity index (χ1n) is 5.74. The topological polar surface area (TPSA) is 105 Å². The van der Waals surface area contributed by atoms with Gasteiger partial charge in [0.2, 0.25) is 0 Å². The largest absolute Gasteiger partial charge is 0.478 e. The van der Waals surface area contributed by atoms with Crippen LogP contribution >= 0.6 is 0 Å². The van der Waals surface area contributed by atoms with Crippen molar-refractivity contribution >= 4 is 17.5 Å². The molecule has 0 aliphatic heterocycles. The maximum Gasteiger partial charge on any atom is 0.339 e. The summed E-state index contributed by atoms with van der Waals surface area (Å²) in [4.78, 5) is 25.3. The highest BCUT2D eigenvalue weighted by molar-refractivity contribution is 5.92. The number of nitro groups is 1. The van der Waals surface area contributed by atoms with Gasteiger partial charge in [0, 0.05) is 24.4 Å². The van der Waals surface area contributed by atoms with Crippen LogP contribution < -0.4 is 5.32 Å². The lowest BCUT2D eigenvalue weighted by Crippen LogP contribution is -2.09. The molecule has 2 rings (SSSR count). The summed E-state index contributed by atoms with van der Waals surface area (Å²) in [6, 6.07) is 9.18. The van der Waals surface area contributed by atoms with Crippen LogP contribution in [0.1, 0.15) is 15.9 Å². The third kappa shape index (κ3) is 2.89. The Morgan fingerprint density at radius 2 is 2.05 bits per heavy atom. The van der Waals surface area contributed by atoms with Gasteiger partial charge >= 0.3 is 5.97 Å². The Kier molecular flexibility index (Phi) is 3.90. The van der Waals surface area contributed by atoms with Crippen molar-refractivity contribution in [2.45, 2.75) is 6.54 Å². The van der Waals surface area contributed by atoms with Crippen molar-refractivity contribution in [2.24, 2.45) is 0 Å². The number of aromatic nitrogens is 1. The van der Waals surface area contributed by atoms with E-state index in [1.165, 1.54) is 24.4 Å². The number of carboxylic acids is 1. The number of hydrogen-bond donors (Lipinski definition) is 2. The van der Waals surface area contributed by atoms with E-state index in [0.717, 1.165) is 0 Å². The van der Waals surface area contributed by atoms with E-state index in [-0.39, 0.29) is 23.6 Å². The summed E-state index contributed by atoms with van der Waals surface area (Å²) in [5.41, 5.74) is 0.457. The molecule has 0 unspecified atom stereocenters. The van der Waals surface area contributed by atoms with Gasteiger partial charge in [-0.15, -0.1) is 0 Å². The van der Waals surface area contributed by atoms with Crippen molar-refractivity contribution in [3.8, 4) is 0 Å². The highest BCUT2D eigenvalue weighted by Gasteiger charge is 2.14. The molecule has 2 N–H and O–H groups in total. The molecule has 2 aromatic rings. The molecular formula is C13H11N3O4. The van der Waals surface area contributed by atoms with Crippen LogP contribution in [0.2, 0.25) is 0 Å². The number of para-hydroxylation sites is 1. The smallest absolute Gasteiger partial charge is 0.339 e. The Morgan fingerprint density at radius 3 is 2.75 bits per heavy atom. The molecule has 0 aliphatic carbocycles. The van der Waals surface area contributed by atoms with Crippen molar-refractivity contribution in [3.63, 3.8) is 0 Å². The number of benzene rings is 1. The van der Waals surface area contributed by atoms with Gasteiger partial charge in [0.25, 0.3) is 5.69 Å². The molecule has 0 bridgehead atoms. The molecule has 102 valence electrons. The lowest BCUT2D eigenvalue weighted by atomic mass is 10.1. The number of anilines is 1. The fourth-order valence-electron chi connectivity index (χ4n) is 1.74. The summed E-state index contributed by atoms with van der Waals surface area (Å²) in [6.07, 6.45) is 1.45. The first-order valence-corrected chi connectivity index (χ1v) is 5.74. The molecule has 0 saturated carbocycles. The van der Waals surface area contributed by atoms with E-state index >= 15 is 0 Å². The fraction of sp³-hybridized carbons (Fsp3) is 0.0769. The summed E-state index contributed by atoms with van der Waals surface area (Å²) < 4.78 is 0. The number of pyridine rings is 1. The number of carboxylic acid groups (broad SMARTS) is 1. The first kappa shape index (κ1) is 13.5. The molecule has 1 heterocycles. The Morgan fingerprint density at radius 1 is 1.30 bits per heavy atom. The summed E-state index contributed by atoms with van der Waals surface area (Å²) >= 11 is 0. The van der Waals surface area contributed by atoms with Gasteiger partial charge in [-0.3, -0.25) is 10.1 Å². The molecule has 0 spiro atoms. The second kappa shape index (κ2) is 5.79. The molecule has 20 heavy (non-hydrogen) atoms. The van der Waals surface area contributed by atoms with Crippen LogP contribution in [0.15, 0.2) is 42.6 Å². The van der Waals surface area contributed by atoms with Crippen molar-refractivity contribution in [3.05, 3.63) is 63.8 Å². The maximum absolute atomic E-state index is 11.0. The molecule has 0 aliphatic rings. The fourth-order valence-corrected chi connectivity index (χ4v) is 1.74. The molecule has 0 radical (unpaired) electrons. The SMILES string of the molecule is O=C(O)c1cccnc1NCc1ccccc1[N+](=O)[O-]. The van der Waals surface area contributed by atoms with Crippen LogP contribution in [-0.4, -0.2) is 21.0 Å². The lowest BCUT2D eigenvalue weighted by Gasteiger charge is -2.08. The van der Waals surface area contributed by atoms with Crippen LogP contribution in [0.25, 0.3) is 0 Å². The number of carbonyl (C=O) groups is 1. The first-order chi connectivity index (χ1) is 9.59. The molecule has 0 amide bonds. The Labute approximate surface area is 114 Å². The standard InChI is InChI=1S/C13H11N3O4/c17-13(18)10-5-3-7-14-12(10)15-8-9-4-1-2-6-11(9)16(19)20/h1-7H,8H2,(H,14,15)(H,17,18). The molecule has 0 fully saturated rings. The zero-order valence-electron chi connectivity index (χ0n) is 10.3. The second-order valence-corrected chi connectivity index (χ2v) is 3.94. The van der Waals surface area contributed by atoms with Crippen LogP contribution in [0.4, 0.5) is 11.5 Å². The van der Waals surface area contributed by atoms with E-state index in [0.29, 0.717) is 5.56 Å². The minimum atomic E-state index is -1.11. The zero-order valence-corrected chi connectivity index (χ0v) is 10.3. The molecule has 1 aromatic heterocycles. The summed E-state index contributed by atoms with van der Waals surface area (Å²) in [7, 11) is 0. The highest BCUT2D eigenvalue weighted by Crippen LogP contribution is 2.19. The van der Waals surface area contributed by atoms with Gasteiger partial charge in [-0.2, -0.15) is 0 Å². The number of hydrogen-bond acceptors (Lipinski definition) is 5. The third-order valence-electron chi connectivity index (χ3n) is 2.67. The second-order valence-electron chi connectivity index (χ2n) is 3.94. The van der Waals surface area contributed by atoms with Gasteiger partial charge < -0.3 is 10.4 Å². The van der Waals surface area contributed by atoms with Gasteiger partial charge in [0.1, 0.15) is 11.4 Å². The van der Waals surface area contributed by atoms with E-state index in [1.807, 2.05) is 0 Å². The molecule has 0 saturated heterocycles. The minimum Gasteiger partial charge on any atom is -0.478 e. The molecule has 7 nitrogen and oxygen atoms in total. The van der Waals surface area contributed by atoms with E-state index in [2.05, 4.69) is 10.3 Å². The van der Waals surface area contributed by atoms with Crippen LogP contribution in [0.3, 0.4) is 0 Å². The van der Waals surface area contributed by atoms with Crippen LogP contribution in [-0.2, 0) is 6.54 Å². The van der Waals surface area contributed by atoms with Crippen LogP contribution in [0, 0.1) is 10.1 Å². The Bertz CT molecular complexity index is 600. The lowest BCUT2D eigenvalue weighted by molar-refractivity contribution is -0.385. The predicted molar refractivity (Wildman–Crippen MR) is 71.6 cm³/mol. The molecule has 7 heteroatoms. The quantitative estimate of drug-likeness (QED) is 0.639. The van der Waals surface area contributed by atoms with Gasteiger partial charge in [0.15, 0.2) is 0 Å². The highest BCUT2D eigenvalue weighted by atomic mass is 16.6. The Hall–Kier alpha value is -2.96. The maximum atomic E-state index is 11.0. The zero-order chi connectivity index (χ0) is 14.5. The average Bonchev–Trinajstić information content (AvgIpc) is 2.45. The van der Waals surface area contributed by atoms with E-state index < -0.39 is 10.9 Å². The molecular weight excluding hydrogens is 262 g/mol. The predicted octanol–water partition coefficient (Wildman–Crippen LogP) is 2.30. The molecule has 1 aromatic carbocycles. The van der Waals surface area contributed by atoms with Gasteiger partial charge in [0.05, 0.1) is 4.92 Å². The minimum absolute atomic E-state index is 0.0195. The van der Waals surface area contributed by atoms with Crippen LogP contribution in [0.5, 0.6) is 0 Å². The number of nitrogens with one attached hydrogen (secondary N) is 1. The summed E-state index contributed by atoms with van der Waals surface area (Å²) in [5.74, 6) is -0.929. The monoisotopic (exact) mass is 273 g/mol. The van der Waals surface area contributed by atoms with Gasteiger partial charge in [-0.25, -0.2) is 9.78 Å². The number of rotatable bonds is 5. The van der Waals surface area contributed by atoms with E-state index in [1.54, 1.807) is 18.2 Å². The average molecular weight is 273 g/mol. The number of nitrogens with zero attached hydrogens (tertiary/aromatic N) is 2. The Balaban J connectivity index is 2.22. The van der Waals surface area contributed by atoms with Crippen molar-refractivity contribution < 1.29 is 14.8 Å². The van der Waals surface area contributed by atoms with E-state index in [4.69, 9.17) is 5.11 Å². The summed E-state index contributed by atoms with van der Waals surface area (Å²) in [5, 5.41) is 22.7. The summed E-state index contributed by atoms with van der Waals surface area (Å²) in [6.45, 7) is 0.119. The number of nitro benzene ring substituents is 1. The van der Waals surface area contributed by atoms with Gasteiger partial charge in [-0.05, 0) is 12.1 Å². The normalized spacial score (nSPS) is 10.0.